The normalized spacial score (nSPS) is 29.4. The van der Waals surface area contributed by atoms with Crippen molar-refractivity contribution >= 4 is 5.97 Å². The van der Waals surface area contributed by atoms with Crippen LogP contribution in [0, 0.1) is 0 Å². The van der Waals surface area contributed by atoms with Gasteiger partial charge >= 0.3 is 11.7 Å². The lowest BCUT2D eigenvalue weighted by molar-refractivity contribution is -0.146. The first-order valence-corrected chi connectivity index (χ1v) is 6.09. The van der Waals surface area contributed by atoms with Crippen LogP contribution >= 0.6 is 0 Å². The fourth-order valence-corrected chi connectivity index (χ4v) is 2.19. The third-order valence-electron chi connectivity index (χ3n) is 3.04. The van der Waals surface area contributed by atoms with E-state index in [9.17, 15) is 18.8 Å². The molecule has 0 saturated carbocycles. The maximum atomic E-state index is 14.5. The van der Waals surface area contributed by atoms with E-state index in [4.69, 9.17) is 9.47 Å². The number of halogens is 1. The van der Waals surface area contributed by atoms with Crippen LogP contribution in [0.3, 0.4) is 0 Å². The van der Waals surface area contributed by atoms with E-state index in [1.54, 1.807) is 0 Å². The first-order chi connectivity index (χ1) is 9.29. The average molecular weight is 286 g/mol. The van der Waals surface area contributed by atoms with E-state index in [0.717, 1.165) is 10.6 Å². The topological polar surface area (TPSA) is 90.4 Å². The molecule has 1 aromatic rings. The number of nitrogens with one attached hydrogen (secondary N) is 1. The zero-order valence-corrected chi connectivity index (χ0v) is 11.1. The van der Waals surface area contributed by atoms with Crippen molar-refractivity contribution in [1.82, 2.24) is 9.55 Å². The summed E-state index contributed by atoms with van der Waals surface area (Å²) in [4.78, 5) is 35.4. The highest BCUT2D eigenvalue weighted by molar-refractivity contribution is 5.65. The Morgan fingerprint density at radius 2 is 2.35 bits per heavy atom. The first-order valence-electron chi connectivity index (χ1n) is 6.09. The minimum atomic E-state index is -1.81. The van der Waals surface area contributed by atoms with Gasteiger partial charge < -0.3 is 9.47 Å². The first kappa shape index (κ1) is 14.4. The minimum Gasteiger partial charge on any atom is -0.463 e. The second-order valence-corrected chi connectivity index (χ2v) is 4.91. The number of hydrogen-bond donors (Lipinski definition) is 1. The highest BCUT2D eigenvalue weighted by Crippen LogP contribution is 2.40. The molecule has 20 heavy (non-hydrogen) atoms. The molecule has 3 unspecified atom stereocenters. The number of ether oxygens (including phenoxy) is 2. The van der Waals surface area contributed by atoms with Crippen molar-refractivity contribution in [1.29, 1.82) is 0 Å². The van der Waals surface area contributed by atoms with Gasteiger partial charge in [0.05, 0.1) is 6.10 Å². The number of esters is 1. The second-order valence-electron chi connectivity index (χ2n) is 4.91. The van der Waals surface area contributed by atoms with Gasteiger partial charge in [0, 0.05) is 25.6 Å². The zero-order valence-electron chi connectivity index (χ0n) is 11.1. The molecule has 0 aromatic carbocycles. The van der Waals surface area contributed by atoms with E-state index >= 15 is 0 Å². The number of nitrogens with zero attached hydrogens (tertiary/aromatic N) is 1. The summed E-state index contributed by atoms with van der Waals surface area (Å²) in [6.45, 7) is 2.46. The molecule has 110 valence electrons. The quantitative estimate of drug-likeness (QED) is 0.797. The second kappa shape index (κ2) is 5.20. The van der Waals surface area contributed by atoms with Crippen LogP contribution in [0.1, 0.15) is 26.5 Å². The number of aromatic amines is 1. The molecule has 1 N–H and O–H groups in total. The molecule has 1 aromatic heterocycles. The van der Waals surface area contributed by atoms with Crippen LogP contribution in [0.15, 0.2) is 21.9 Å². The lowest BCUT2D eigenvalue weighted by atomic mass is 10.0. The van der Waals surface area contributed by atoms with Crippen LogP contribution in [0.25, 0.3) is 0 Å². The third kappa shape index (κ3) is 2.96. The molecule has 8 heteroatoms. The number of hydrogen-bond acceptors (Lipinski definition) is 5. The predicted molar refractivity (Wildman–Crippen MR) is 66.0 cm³/mol. The van der Waals surface area contributed by atoms with Gasteiger partial charge in [0.1, 0.15) is 6.61 Å². The van der Waals surface area contributed by atoms with Crippen LogP contribution in [0.4, 0.5) is 4.39 Å². The number of alkyl halides is 1. The van der Waals surface area contributed by atoms with Crippen molar-refractivity contribution in [3.05, 3.63) is 33.1 Å². The highest BCUT2D eigenvalue weighted by Gasteiger charge is 2.47. The van der Waals surface area contributed by atoms with E-state index < -0.39 is 35.2 Å². The Bertz CT molecular complexity index is 621. The molecule has 1 aliphatic rings. The van der Waals surface area contributed by atoms with Gasteiger partial charge in [-0.2, -0.15) is 0 Å². The minimum absolute atomic E-state index is 0.0173. The summed E-state index contributed by atoms with van der Waals surface area (Å²) in [5.41, 5.74) is -3.13. The summed E-state index contributed by atoms with van der Waals surface area (Å²) >= 11 is 0. The van der Waals surface area contributed by atoms with Crippen LogP contribution < -0.4 is 11.2 Å². The maximum Gasteiger partial charge on any atom is 0.330 e. The van der Waals surface area contributed by atoms with Gasteiger partial charge in [-0.25, -0.2) is 9.18 Å². The van der Waals surface area contributed by atoms with E-state index in [1.807, 2.05) is 4.98 Å². The van der Waals surface area contributed by atoms with Crippen LogP contribution in [0.2, 0.25) is 0 Å². The molecule has 1 saturated heterocycles. The Hall–Kier alpha value is -1.96. The molecule has 0 aliphatic carbocycles. The van der Waals surface area contributed by atoms with Crippen LogP contribution in [0.5, 0.6) is 0 Å². The Balaban J connectivity index is 2.21. The predicted octanol–water partition coefficient (Wildman–Crippen LogP) is 0.115. The maximum absolute atomic E-state index is 14.5. The van der Waals surface area contributed by atoms with Crippen molar-refractivity contribution in [2.24, 2.45) is 0 Å². The molecule has 0 spiro atoms. The third-order valence-corrected chi connectivity index (χ3v) is 3.04. The molecule has 3 atom stereocenters. The number of aromatic nitrogens is 2. The smallest absolute Gasteiger partial charge is 0.330 e. The Morgan fingerprint density at radius 3 is 2.95 bits per heavy atom. The van der Waals surface area contributed by atoms with E-state index in [1.165, 1.54) is 20.0 Å². The molecule has 2 heterocycles. The van der Waals surface area contributed by atoms with E-state index in [2.05, 4.69) is 0 Å². The summed E-state index contributed by atoms with van der Waals surface area (Å²) in [6, 6.07) is 1.11. The molecule has 1 aliphatic heterocycles. The molecule has 2 rings (SSSR count). The number of carbonyl (C=O) groups excluding carboxylic acids is 1. The Kier molecular flexibility index (Phi) is 3.76. The van der Waals surface area contributed by atoms with Gasteiger partial charge in [-0.3, -0.25) is 19.1 Å². The molecule has 1 fully saturated rings. The molecule has 0 amide bonds. The van der Waals surface area contributed by atoms with Gasteiger partial charge in [0.15, 0.2) is 11.9 Å². The van der Waals surface area contributed by atoms with E-state index in [0.29, 0.717) is 0 Å². The largest absolute Gasteiger partial charge is 0.463 e. The summed E-state index contributed by atoms with van der Waals surface area (Å²) in [5, 5.41) is 0. The number of rotatable bonds is 3. The van der Waals surface area contributed by atoms with Crippen molar-refractivity contribution in [2.45, 2.75) is 38.3 Å². The lowest BCUT2D eigenvalue weighted by Gasteiger charge is -2.22. The summed E-state index contributed by atoms with van der Waals surface area (Å²) in [6.07, 6.45) is -0.654. The van der Waals surface area contributed by atoms with Gasteiger partial charge in [-0.1, -0.05) is 0 Å². The van der Waals surface area contributed by atoms with Gasteiger partial charge in [0.2, 0.25) is 0 Å². The van der Waals surface area contributed by atoms with Crippen molar-refractivity contribution in [2.75, 3.05) is 6.61 Å². The number of carbonyl (C=O) groups is 1. The monoisotopic (exact) mass is 286 g/mol. The molecule has 7 nitrogen and oxygen atoms in total. The van der Waals surface area contributed by atoms with Crippen molar-refractivity contribution in [3.63, 3.8) is 0 Å². The van der Waals surface area contributed by atoms with Gasteiger partial charge in [0.25, 0.3) is 5.56 Å². The molecular weight excluding hydrogens is 271 g/mol. The fraction of sp³-hybridized carbons (Fsp3) is 0.583. The molecule has 0 bridgehead atoms. The average Bonchev–Trinajstić information content (AvgIpc) is 2.62. The standard InChI is InChI=1S/C12H15FN2O5/c1-7(16)19-6-8-5-12(2,13)10(20-8)15-4-3-9(17)14-11(15)18/h3-4,8,10H,5-6H2,1-2H3,(H,14,17,18). The van der Waals surface area contributed by atoms with Gasteiger partial charge in [-0.15, -0.1) is 0 Å². The van der Waals surface area contributed by atoms with Gasteiger partial charge in [-0.05, 0) is 6.92 Å². The van der Waals surface area contributed by atoms with E-state index in [-0.39, 0.29) is 13.0 Å². The Labute approximate surface area is 113 Å². The Morgan fingerprint density at radius 1 is 1.65 bits per heavy atom. The fourth-order valence-electron chi connectivity index (χ4n) is 2.19. The zero-order chi connectivity index (χ0) is 14.9. The number of H-pyrrole nitrogens is 1. The summed E-state index contributed by atoms with van der Waals surface area (Å²) in [5.74, 6) is -0.487. The summed E-state index contributed by atoms with van der Waals surface area (Å²) < 4.78 is 25.7. The molecular formula is C12H15FN2O5. The van der Waals surface area contributed by atoms with Crippen LogP contribution in [-0.4, -0.2) is 33.9 Å². The SMILES string of the molecule is CC(=O)OCC1CC(C)(F)C(n2ccc(=O)[nH]c2=O)O1. The van der Waals surface area contributed by atoms with Crippen molar-refractivity contribution in [3.8, 4) is 0 Å². The summed E-state index contributed by atoms with van der Waals surface area (Å²) in [7, 11) is 0. The van der Waals surface area contributed by atoms with Crippen molar-refractivity contribution < 1.29 is 18.7 Å². The molecule has 0 radical (unpaired) electrons. The highest BCUT2D eigenvalue weighted by atomic mass is 19.1. The van der Waals surface area contributed by atoms with Crippen LogP contribution in [-0.2, 0) is 14.3 Å². The lowest BCUT2D eigenvalue weighted by Crippen LogP contribution is -2.38.